The van der Waals surface area contributed by atoms with Crippen LogP contribution in [0.25, 0.3) is 17.0 Å². The van der Waals surface area contributed by atoms with E-state index in [1.54, 1.807) is 6.92 Å². The molecule has 6 heteroatoms. The highest BCUT2D eigenvalue weighted by molar-refractivity contribution is 5.74. The average molecular weight is 342 g/mol. The molecule has 6 nitrogen and oxygen atoms in total. The molecule has 0 spiro atoms. The van der Waals surface area contributed by atoms with E-state index in [9.17, 15) is 9.59 Å². The quantitative estimate of drug-likeness (QED) is 0.545. The van der Waals surface area contributed by atoms with Crippen LogP contribution in [-0.2, 0) is 20.8 Å². The van der Waals surface area contributed by atoms with Gasteiger partial charge in [0.05, 0.1) is 26.2 Å². The monoisotopic (exact) mass is 342 g/mol. The van der Waals surface area contributed by atoms with Crippen LogP contribution in [0.15, 0.2) is 47.8 Å². The number of hydrogen-bond donors (Lipinski definition) is 0. The summed E-state index contributed by atoms with van der Waals surface area (Å²) in [6, 6.07) is 10.9. The van der Waals surface area contributed by atoms with Crippen LogP contribution in [0.2, 0.25) is 0 Å². The van der Waals surface area contributed by atoms with Crippen molar-refractivity contribution in [2.24, 2.45) is 0 Å². The van der Waals surface area contributed by atoms with E-state index in [1.165, 1.54) is 10.7 Å². The highest BCUT2D eigenvalue weighted by Gasteiger charge is 2.15. The summed E-state index contributed by atoms with van der Waals surface area (Å²) >= 11 is 0. The van der Waals surface area contributed by atoms with Crippen LogP contribution in [0.5, 0.6) is 0 Å². The first-order valence-electron chi connectivity index (χ1n) is 8.22. The molecule has 1 heterocycles. The molecule has 132 valence electrons. The Morgan fingerprint density at radius 1 is 1.16 bits per heavy atom. The lowest BCUT2D eigenvalue weighted by Crippen LogP contribution is -2.25. The maximum atomic E-state index is 12.4. The third-order valence-corrected chi connectivity index (χ3v) is 3.50. The zero-order valence-corrected chi connectivity index (χ0v) is 14.5. The van der Waals surface area contributed by atoms with Gasteiger partial charge in [-0.1, -0.05) is 36.9 Å². The highest BCUT2D eigenvalue weighted by atomic mass is 16.5. The van der Waals surface area contributed by atoms with Crippen LogP contribution >= 0.6 is 0 Å². The molecule has 0 aliphatic rings. The van der Waals surface area contributed by atoms with Crippen LogP contribution in [0.1, 0.15) is 25.8 Å². The Morgan fingerprint density at radius 3 is 2.48 bits per heavy atom. The van der Waals surface area contributed by atoms with E-state index in [-0.39, 0.29) is 24.5 Å². The number of hydrogen-bond acceptors (Lipinski definition) is 5. The molecule has 0 saturated heterocycles. The van der Waals surface area contributed by atoms with Crippen molar-refractivity contribution >= 4 is 11.7 Å². The Morgan fingerprint density at radius 2 is 1.84 bits per heavy atom. The number of rotatable bonds is 8. The summed E-state index contributed by atoms with van der Waals surface area (Å²) in [6.07, 6.45) is 0.0841. The van der Waals surface area contributed by atoms with E-state index in [4.69, 9.17) is 9.47 Å². The minimum absolute atomic E-state index is 0.0841. The molecule has 0 saturated carbocycles. The van der Waals surface area contributed by atoms with E-state index in [0.29, 0.717) is 30.2 Å². The van der Waals surface area contributed by atoms with Gasteiger partial charge in [0.1, 0.15) is 11.5 Å². The van der Waals surface area contributed by atoms with Gasteiger partial charge < -0.3 is 9.47 Å². The van der Waals surface area contributed by atoms with Crippen molar-refractivity contribution in [2.45, 2.75) is 26.8 Å². The largest absolute Gasteiger partial charge is 0.494 e. The number of ether oxygens (including phenoxy) is 2. The summed E-state index contributed by atoms with van der Waals surface area (Å²) < 4.78 is 11.6. The number of nitrogens with zero attached hydrogens (tertiary/aromatic N) is 2. The molecule has 1 aromatic heterocycles. The smallest absolute Gasteiger partial charge is 0.307 e. The topological polar surface area (TPSA) is 70.4 Å². The van der Waals surface area contributed by atoms with E-state index >= 15 is 0 Å². The van der Waals surface area contributed by atoms with Gasteiger partial charge in [0.2, 0.25) is 0 Å². The van der Waals surface area contributed by atoms with Crippen molar-refractivity contribution in [1.82, 2.24) is 9.78 Å². The second kappa shape index (κ2) is 8.82. The van der Waals surface area contributed by atoms with Crippen LogP contribution in [0, 0.1) is 0 Å². The summed E-state index contributed by atoms with van der Waals surface area (Å²) in [7, 11) is 0. The second-order valence-corrected chi connectivity index (χ2v) is 5.25. The summed E-state index contributed by atoms with van der Waals surface area (Å²) in [6.45, 7) is 8.38. The molecule has 0 fully saturated rings. The fourth-order valence-electron chi connectivity index (χ4n) is 2.35. The van der Waals surface area contributed by atoms with Gasteiger partial charge in [0.25, 0.3) is 5.56 Å². The Bertz CT molecular complexity index is 797. The number of carbonyl (C=O) groups is 1. The van der Waals surface area contributed by atoms with Gasteiger partial charge in [-0.3, -0.25) is 9.59 Å². The normalized spacial score (nSPS) is 10.3. The van der Waals surface area contributed by atoms with Crippen molar-refractivity contribution in [3.8, 4) is 11.3 Å². The molecule has 2 rings (SSSR count). The predicted molar refractivity (Wildman–Crippen MR) is 95.8 cm³/mol. The molecule has 0 N–H and O–H groups in total. The lowest BCUT2D eigenvalue weighted by Gasteiger charge is -2.14. The van der Waals surface area contributed by atoms with Gasteiger partial charge in [0, 0.05) is 17.2 Å². The van der Waals surface area contributed by atoms with E-state index in [2.05, 4.69) is 11.7 Å². The molecule has 0 unspecified atom stereocenters. The zero-order valence-electron chi connectivity index (χ0n) is 14.5. The predicted octanol–water partition coefficient (Wildman–Crippen LogP) is 2.87. The fraction of sp³-hybridized carbons (Fsp3) is 0.316. The van der Waals surface area contributed by atoms with Gasteiger partial charge in [-0.15, -0.1) is 0 Å². The summed E-state index contributed by atoms with van der Waals surface area (Å²) in [5, 5.41) is 4.43. The number of aromatic nitrogens is 2. The number of aryl methyl sites for hydroxylation is 1. The number of esters is 1. The summed E-state index contributed by atoms with van der Waals surface area (Å²) in [5.41, 5.74) is 1.65. The molecular weight excluding hydrogens is 320 g/mol. The molecule has 0 aliphatic heterocycles. The van der Waals surface area contributed by atoms with Crippen molar-refractivity contribution in [3.05, 3.63) is 58.9 Å². The SMILES string of the molecule is C=C(OCC)c1cc(=O)n(CCC(=O)OCC)nc1-c1ccccc1. The van der Waals surface area contributed by atoms with E-state index in [1.807, 2.05) is 37.3 Å². The second-order valence-electron chi connectivity index (χ2n) is 5.25. The molecule has 0 atom stereocenters. The van der Waals surface area contributed by atoms with Gasteiger partial charge in [0.15, 0.2) is 0 Å². The molecule has 0 radical (unpaired) electrons. The Labute approximate surface area is 146 Å². The Hall–Kier alpha value is -2.89. The Kier molecular flexibility index (Phi) is 6.51. The first-order chi connectivity index (χ1) is 12.1. The van der Waals surface area contributed by atoms with Crippen molar-refractivity contribution in [2.75, 3.05) is 13.2 Å². The summed E-state index contributed by atoms with van der Waals surface area (Å²) in [5.74, 6) is 0.0313. The maximum Gasteiger partial charge on any atom is 0.307 e. The van der Waals surface area contributed by atoms with E-state index in [0.717, 1.165) is 5.56 Å². The maximum absolute atomic E-state index is 12.4. The molecule has 1 aromatic carbocycles. The van der Waals surface area contributed by atoms with Crippen LogP contribution in [0.3, 0.4) is 0 Å². The third-order valence-electron chi connectivity index (χ3n) is 3.50. The van der Waals surface area contributed by atoms with Crippen molar-refractivity contribution in [1.29, 1.82) is 0 Å². The first-order valence-corrected chi connectivity index (χ1v) is 8.22. The zero-order chi connectivity index (χ0) is 18.2. The molecule has 2 aromatic rings. The molecule has 25 heavy (non-hydrogen) atoms. The van der Waals surface area contributed by atoms with Gasteiger partial charge in [-0.2, -0.15) is 5.10 Å². The third kappa shape index (κ3) is 4.79. The van der Waals surface area contributed by atoms with Gasteiger partial charge in [-0.05, 0) is 13.8 Å². The van der Waals surface area contributed by atoms with Crippen LogP contribution in [-0.4, -0.2) is 29.0 Å². The minimum atomic E-state index is -0.361. The fourth-order valence-corrected chi connectivity index (χ4v) is 2.35. The molecular formula is C19H22N2O4. The lowest BCUT2D eigenvalue weighted by atomic mass is 10.1. The highest BCUT2D eigenvalue weighted by Crippen LogP contribution is 2.25. The molecule has 0 bridgehead atoms. The standard InChI is InChI=1S/C19H22N2O4/c1-4-24-14(3)16-13-17(22)21(12-11-18(23)25-5-2)20-19(16)15-9-7-6-8-10-15/h6-10,13H,3-5,11-12H2,1-2H3. The molecule has 0 aliphatic carbocycles. The van der Waals surface area contributed by atoms with Gasteiger partial charge >= 0.3 is 5.97 Å². The van der Waals surface area contributed by atoms with Crippen LogP contribution < -0.4 is 5.56 Å². The lowest BCUT2D eigenvalue weighted by molar-refractivity contribution is -0.143. The number of benzene rings is 1. The molecule has 0 amide bonds. The number of carbonyl (C=O) groups excluding carboxylic acids is 1. The average Bonchev–Trinajstić information content (AvgIpc) is 2.61. The van der Waals surface area contributed by atoms with E-state index < -0.39 is 0 Å². The van der Waals surface area contributed by atoms with Crippen LogP contribution in [0.4, 0.5) is 0 Å². The first kappa shape index (κ1) is 18.4. The minimum Gasteiger partial charge on any atom is -0.494 e. The van der Waals surface area contributed by atoms with Crippen molar-refractivity contribution in [3.63, 3.8) is 0 Å². The van der Waals surface area contributed by atoms with Gasteiger partial charge in [-0.25, -0.2) is 4.68 Å². The Balaban J connectivity index is 2.42. The van der Waals surface area contributed by atoms with Crippen molar-refractivity contribution < 1.29 is 14.3 Å². The summed E-state index contributed by atoms with van der Waals surface area (Å²) in [4.78, 5) is 23.9.